The molecule has 0 saturated carbocycles. The fourth-order valence-corrected chi connectivity index (χ4v) is 3.04. The molecule has 3 N–H and O–H groups in total. The average Bonchev–Trinajstić information content (AvgIpc) is 2.77. The molecular weight excluding hydrogens is 386 g/mol. The van der Waals surface area contributed by atoms with Crippen molar-refractivity contribution < 1.29 is 4.74 Å². The molecule has 144 valence electrons. The smallest absolute Gasteiger partial charge is 0.137 e. The highest BCUT2D eigenvalue weighted by Crippen LogP contribution is 2.25. The monoisotopic (exact) mass is 403 g/mol. The van der Waals surface area contributed by atoms with E-state index in [-0.39, 0.29) is 11.5 Å². The topological polar surface area (TPSA) is 108 Å². The summed E-state index contributed by atoms with van der Waals surface area (Å²) in [4.78, 5) is 8.66. The third-order valence-corrected chi connectivity index (χ3v) is 4.56. The van der Waals surface area contributed by atoms with Crippen molar-refractivity contribution in [3.8, 4) is 11.8 Å². The summed E-state index contributed by atoms with van der Waals surface area (Å²) < 4.78 is 5.15. The quantitative estimate of drug-likeness (QED) is 0.480. The fourth-order valence-electron chi connectivity index (χ4n) is 2.76. The Kier molecular flexibility index (Phi) is 6.22. The van der Waals surface area contributed by atoms with Crippen LogP contribution in [0.3, 0.4) is 0 Å². The van der Waals surface area contributed by atoms with Gasteiger partial charge in [-0.25, -0.2) is 0 Å². The number of benzene rings is 2. The van der Waals surface area contributed by atoms with Gasteiger partial charge in [0.2, 0.25) is 0 Å². The zero-order chi connectivity index (χ0) is 20.8. The van der Waals surface area contributed by atoms with Crippen molar-refractivity contribution in [1.29, 1.82) is 10.7 Å². The standard InChI is InChI=1S/C22H18ClN5O/c1-29-20-8-6-15(11-18(20)23)13-28-22(26)17-10-14(12-24)5-7-16(17)21(25)19-4-2-3-9-27-19/h2-11,25H,13H2,1H3,(H2,26,28). The van der Waals surface area contributed by atoms with E-state index in [9.17, 15) is 5.26 Å². The number of aromatic nitrogens is 1. The number of hydrogen-bond acceptors (Lipinski definition) is 5. The Bertz CT molecular complexity index is 1120. The Labute approximate surface area is 173 Å². The molecule has 1 aromatic heterocycles. The molecule has 0 radical (unpaired) electrons. The predicted molar refractivity (Wildman–Crippen MR) is 114 cm³/mol. The zero-order valence-electron chi connectivity index (χ0n) is 15.7. The van der Waals surface area contributed by atoms with Gasteiger partial charge in [-0.1, -0.05) is 29.8 Å². The first-order chi connectivity index (χ1) is 14.0. The molecule has 29 heavy (non-hydrogen) atoms. The van der Waals surface area contributed by atoms with Crippen LogP contribution in [0.4, 0.5) is 0 Å². The molecule has 0 spiro atoms. The lowest BCUT2D eigenvalue weighted by atomic mass is 9.97. The average molecular weight is 404 g/mol. The molecule has 0 aliphatic carbocycles. The normalized spacial score (nSPS) is 11.0. The van der Waals surface area contributed by atoms with E-state index < -0.39 is 0 Å². The van der Waals surface area contributed by atoms with Crippen molar-refractivity contribution in [3.05, 3.63) is 93.8 Å². The summed E-state index contributed by atoms with van der Waals surface area (Å²) in [6, 6.07) is 17.8. The number of nitriles is 1. The van der Waals surface area contributed by atoms with Gasteiger partial charge in [-0.3, -0.25) is 15.4 Å². The van der Waals surface area contributed by atoms with Crippen molar-refractivity contribution in [1.82, 2.24) is 4.98 Å². The van der Waals surface area contributed by atoms with Crippen molar-refractivity contribution in [2.75, 3.05) is 7.11 Å². The summed E-state index contributed by atoms with van der Waals surface area (Å²) in [5, 5.41) is 18.3. The summed E-state index contributed by atoms with van der Waals surface area (Å²) >= 11 is 6.16. The molecule has 0 aliphatic heterocycles. The number of nitrogens with zero attached hydrogens (tertiary/aromatic N) is 3. The van der Waals surface area contributed by atoms with Gasteiger partial charge in [0.05, 0.1) is 41.7 Å². The van der Waals surface area contributed by atoms with Crippen LogP contribution >= 0.6 is 11.6 Å². The van der Waals surface area contributed by atoms with Crippen LogP contribution < -0.4 is 10.5 Å². The number of nitrogens with two attached hydrogens (primary N) is 1. The third-order valence-electron chi connectivity index (χ3n) is 4.26. The van der Waals surface area contributed by atoms with E-state index in [2.05, 4.69) is 16.0 Å². The molecule has 3 rings (SSSR count). The van der Waals surface area contributed by atoms with Crippen LogP contribution in [-0.4, -0.2) is 23.6 Å². The number of rotatable bonds is 6. The minimum Gasteiger partial charge on any atom is -0.495 e. The van der Waals surface area contributed by atoms with Gasteiger partial charge in [0.25, 0.3) is 0 Å². The molecule has 7 heteroatoms. The lowest BCUT2D eigenvalue weighted by Gasteiger charge is -2.11. The zero-order valence-corrected chi connectivity index (χ0v) is 16.4. The molecule has 2 aromatic carbocycles. The Morgan fingerprint density at radius 1 is 1.21 bits per heavy atom. The highest BCUT2D eigenvalue weighted by atomic mass is 35.5. The van der Waals surface area contributed by atoms with Crippen LogP contribution in [0.25, 0.3) is 0 Å². The summed E-state index contributed by atoms with van der Waals surface area (Å²) in [6.07, 6.45) is 1.62. The van der Waals surface area contributed by atoms with Crippen molar-refractivity contribution in [3.63, 3.8) is 0 Å². The fraction of sp³-hybridized carbons (Fsp3) is 0.0909. The number of nitrogens with one attached hydrogen (secondary N) is 1. The first kappa shape index (κ1) is 20.1. The maximum Gasteiger partial charge on any atom is 0.137 e. The maximum absolute atomic E-state index is 9.25. The Balaban J connectivity index is 1.95. The molecular formula is C22H18ClN5O. The minimum absolute atomic E-state index is 0.204. The van der Waals surface area contributed by atoms with Gasteiger partial charge in [-0.05, 0) is 42.0 Å². The van der Waals surface area contributed by atoms with Crippen LogP contribution in [0.1, 0.15) is 27.9 Å². The number of hydrogen-bond donors (Lipinski definition) is 2. The Morgan fingerprint density at radius 2 is 2.03 bits per heavy atom. The molecule has 0 fully saturated rings. The van der Waals surface area contributed by atoms with Gasteiger partial charge in [-0.15, -0.1) is 0 Å². The van der Waals surface area contributed by atoms with Gasteiger partial charge >= 0.3 is 0 Å². The number of methoxy groups -OCH3 is 1. The van der Waals surface area contributed by atoms with Gasteiger partial charge in [0.1, 0.15) is 11.6 Å². The molecule has 0 aliphatic rings. The lowest BCUT2D eigenvalue weighted by molar-refractivity contribution is 0.415. The SMILES string of the molecule is COc1ccc(CN=C(N)c2cc(C#N)ccc2C(=N)c2ccccn2)cc1Cl. The van der Waals surface area contributed by atoms with Crippen molar-refractivity contribution >= 4 is 23.1 Å². The predicted octanol–water partition coefficient (Wildman–Crippen LogP) is 3.94. The van der Waals surface area contributed by atoms with E-state index in [1.54, 1.807) is 55.8 Å². The van der Waals surface area contributed by atoms with E-state index in [4.69, 9.17) is 27.5 Å². The number of aliphatic imine (C=N–C) groups is 1. The maximum atomic E-state index is 9.25. The highest BCUT2D eigenvalue weighted by molar-refractivity contribution is 6.32. The van der Waals surface area contributed by atoms with Gasteiger partial charge in [-0.2, -0.15) is 5.26 Å². The summed E-state index contributed by atoms with van der Waals surface area (Å²) in [7, 11) is 1.55. The molecule has 6 nitrogen and oxygen atoms in total. The third kappa shape index (κ3) is 4.60. The number of amidine groups is 1. The largest absolute Gasteiger partial charge is 0.495 e. The van der Waals surface area contributed by atoms with Gasteiger partial charge < -0.3 is 10.5 Å². The van der Waals surface area contributed by atoms with E-state index in [1.165, 1.54) is 0 Å². The molecule has 0 atom stereocenters. The first-order valence-corrected chi connectivity index (χ1v) is 9.08. The van der Waals surface area contributed by atoms with E-state index >= 15 is 0 Å². The molecule has 0 saturated heterocycles. The molecule has 1 heterocycles. The van der Waals surface area contributed by atoms with Crippen LogP contribution in [0.15, 0.2) is 65.8 Å². The lowest BCUT2D eigenvalue weighted by Crippen LogP contribution is -2.19. The van der Waals surface area contributed by atoms with Crippen LogP contribution in [0, 0.1) is 16.7 Å². The summed E-state index contributed by atoms with van der Waals surface area (Å²) in [5.41, 5.74) is 9.31. The van der Waals surface area contributed by atoms with Crippen LogP contribution in [0.5, 0.6) is 5.75 Å². The van der Waals surface area contributed by atoms with Gasteiger partial charge in [0, 0.05) is 17.3 Å². The molecule has 0 amide bonds. The molecule has 3 aromatic rings. The number of pyridine rings is 1. The second-order valence-corrected chi connectivity index (χ2v) is 6.54. The van der Waals surface area contributed by atoms with E-state index in [0.29, 0.717) is 39.7 Å². The van der Waals surface area contributed by atoms with Crippen LogP contribution in [0.2, 0.25) is 5.02 Å². The first-order valence-electron chi connectivity index (χ1n) is 8.70. The second-order valence-electron chi connectivity index (χ2n) is 6.13. The summed E-state index contributed by atoms with van der Waals surface area (Å²) in [6.45, 7) is 0.294. The Morgan fingerprint density at radius 3 is 2.69 bits per heavy atom. The van der Waals surface area contributed by atoms with E-state index in [0.717, 1.165) is 5.56 Å². The number of halogens is 1. The molecule has 0 unspecified atom stereocenters. The van der Waals surface area contributed by atoms with Gasteiger partial charge in [0.15, 0.2) is 0 Å². The summed E-state index contributed by atoms with van der Waals surface area (Å²) in [5.74, 6) is 0.810. The highest BCUT2D eigenvalue weighted by Gasteiger charge is 2.14. The van der Waals surface area contributed by atoms with Crippen molar-refractivity contribution in [2.24, 2.45) is 10.7 Å². The van der Waals surface area contributed by atoms with E-state index in [1.807, 2.05) is 12.1 Å². The molecule has 0 bridgehead atoms. The van der Waals surface area contributed by atoms with Crippen LogP contribution in [-0.2, 0) is 6.54 Å². The minimum atomic E-state index is 0.204. The van der Waals surface area contributed by atoms with Crippen molar-refractivity contribution in [2.45, 2.75) is 6.54 Å². The number of ether oxygens (including phenoxy) is 1. The second kappa shape index (κ2) is 9.00. The Hall–Kier alpha value is -3.69.